The fourth-order valence-corrected chi connectivity index (χ4v) is 4.11. The first-order valence-electron chi connectivity index (χ1n) is 7.85. The molecule has 0 spiro atoms. The first kappa shape index (κ1) is 14.3. The number of anilines is 1. The van der Waals surface area contributed by atoms with E-state index in [2.05, 4.69) is 22.2 Å². The Hall–Kier alpha value is -2.27. The van der Waals surface area contributed by atoms with Crippen LogP contribution in [0.15, 0.2) is 36.4 Å². The normalized spacial score (nSPS) is 17.0. The maximum atomic E-state index is 12.4. The lowest BCUT2D eigenvalue weighted by atomic mass is 9.93. The Morgan fingerprint density at radius 3 is 3.00 bits per heavy atom. The molecule has 0 fully saturated rings. The van der Waals surface area contributed by atoms with Crippen molar-refractivity contribution in [1.82, 2.24) is 9.97 Å². The highest BCUT2D eigenvalue weighted by molar-refractivity contribution is 7.15. The molecule has 5 heteroatoms. The summed E-state index contributed by atoms with van der Waals surface area (Å²) in [6.45, 7) is 2.26. The SMILES string of the molecule is C[C@H]1CCc2nc(NC(=O)c3ccc4ccccc4n3)sc2C1. The Labute approximate surface area is 138 Å². The molecule has 1 aliphatic rings. The van der Waals surface area contributed by atoms with Crippen molar-refractivity contribution >= 4 is 33.3 Å². The lowest BCUT2D eigenvalue weighted by molar-refractivity contribution is 0.102. The van der Waals surface area contributed by atoms with Gasteiger partial charge in [0.25, 0.3) is 5.91 Å². The number of thiazole rings is 1. The van der Waals surface area contributed by atoms with Gasteiger partial charge in [-0.2, -0.15) is 0 Å². The smallest absolute Gasteiger partial charge is 0.276 e. The Kier molecular flexibility index (Phi) is 3.58. The number of para-hydroxylation sites is 1. The second-order valence-corrected chi connectivity index (χ2v) is 7.16. The summed E-state index contributed by atoms with van der Waals surface area (Å²) in [5.74, 6) is 0.503. The van der Waals surface area contributed by atoms with Crippen LogP contribution in [0, 0.1) is 5.92 Å². The molecule has 0 saturated carbocycles. The summed E-state index contributed by atoms with van der Waals surface area (Å²) in [4.78, 5) is 22.7. The number of aromatic nitrogens is 2. The predicted octanol–water partition coefficient (Wildman–Crippen LogP) is 4.07. The van der Waals surface area contributed by atoms with Gasteiger partial charge in [-0.25, -0.2) is 9.97 Å². The van der Waals surface area contributed by atoms with Crippen LogP contribution in [-0.2, 0) is 12.8 Å². The van der Waals surface area contributed by atoms with E-state index in [9.17, 15) is 4.79 Å². The van der Waals surface area contributed by atoms with Gasteiger partial charge in [0.05, 0.1) is 11.2 Å². The maximum Gasteiger partial charge on any atom is 0.276 e. The minimum absolute atomic E-state index is 0.199. The lowest BCUT2D eigenvalue weighted by Crippen LogP contribution is -2.13. The Morgan fingerprint density at radius 2 is 2.09 bits per heavy atom. The quantitative estimate of drug-likeness (QED) is 0.773. The summed E-state index contributed by atoms with van der Waals surface area (Å²) in [6, 6.07) is 11.5. The standard InChI is InChI=1S/C18H17N3OS/c1-11-6-8-14-16(10-11)23-18(20-14)21-17(22)15-9-7-12-4-2-3-5-13(12)19-15/h2-5,7,9,11H,6,8,10H2,1H3,(H,20,21,22)/t11-/m0/s1. The van der Waals surface area contributed by atoms with Gasteiger partial charge in [0, 0.05) is 10.3 Å². The van der Waals surface area contributed by atoms with Gasteiger partial charge >= 0.3 is 0 Å². The van der Waals surface area contributed by atoms with Crippen molar-refractivity contribution in [1.29, 1.82) is 0 Å². The van der Waals surface area contributed by atoms with Crippen LogP contribution in [0.5, 0.6) is 0 Å². The molecule has 1 amide bonds. The van der Waals surface area contributed by atoms with E-state index >= 15 is 0 Å². The highest BCUT2D eigenvalue weighted by Gasteiger charge is 2.21. The van der Waals surface area contributed by atoms with Gasteiger partial charge in [-0.05, 0) is 37.3 Å². The summed E-state index contributed by atoms with van der Waals surface area (Å²) in [6.07, 6.45) is 3.25. The van der Waals surface area contributed by atoms with E-state index in [1.165, 1.54) is 11.3 Å². The summed E-state index contributed by atoms with van der Waals surface area (Å²) < 4.78 is 0. The fourth-order valence-electron chi connectivity index (χ4n) is 2.95. The van der Waals surface area contributed by atoms with Crippen LogP contribution >= 0.6 is 11.3 Å². The summed E-state index contributed by atoms with van der Waals surface area (Å²) >= 11 is 1.59. The molecule has 1 atom stereocenters. The molecule has 2 heterocycles. The number of carbonyl (C=O) groups excluding carboxylic acids is 1. The van der Waals surface area contributed by atoms with Crippen molar-refractivity contribution in [2.75, 3.05) is 5.32 Å². The summed E-state index contributed by atoms with van der Waals surface area (Å²) in [5.41, 5.74) is 2.40. The number of amides is 1. The zero-order chi connectivity index (χ0) is 15.8. The molecule has 0 bridgehead atoms. The zero-order valence-corrected chi connectivity index (χ0v) is 13.7. The molecule has 4 rings (SSSR count). The highest BCUT2D eigenvalue weighted by Crippen LogP contribution is 2.32. The molecular formula is C18H17N3OS. The van der Waals surface area contributed by atoms with Crippen LogP contribution in [0.3, 0.4) is 0 Å². The molecule has 0 saturated heterocycles. The number of hydrogen-bond donors (Lipinski definition) is 1. The van der Waals surface area contributed by atoms with E-state index in [4.69, 9.17) is 0 Å². The Morgan fingerprint density at radius 1 is 1.22 bits per heavy atom. The third kappa shape index (κ3) is 2.84. The number of aryl methyl sites for hydroxylation is 1. The van der Waals surface area contributed by atoms with Gasteiger partial charge in [0.2, 0.25) is 0 Å². The van der Waals surface area contributed by atoms with Crippen molar-refractivity contribution in [3.63, 3.8) is 0 Å². The predicted molar refractivity (Wildman–Crippen MR) is 93.0 cm³/mol. The Balaban J connectivity index is 1.57. The number of pyridine rings is 1. The molecule has 1 aromatic carbocycles. The van der Waals surface area contributed by atoms with E-state index in [1.54, 1.807) is 17.4 Å². The van der Waals surface area contributed by atoms with Gasteiger partial charge in [0.1, 0.15) is 5.69 Å². The zero-order valence-electron chi connectivity index (χ0n) is 12.9. The van der Waals surface area contributed by atoms with Crippen LogP contribution in [0.2, 0.25) is 0 Å². The molecule has 23 heavy (non-hydrogen) atoms. The molecule has 116 valence electrons. The van der Waals surface area contributed by atoms with Gasteiger partial charge in [-0.15, -0.1) is 11.3 Å². The van der Waals surface area contributed by atoms with E-state index < -0.39 is 0 Å². The average molecular weight is 323 g/mol. The topological polar surface area (TPSA) is 54.9 Å². The van der Waals surface area contributed by atoms with Crippen LogP contribution in [0.1, 0.15) is 34.4 Å². The van der Waals surface area contributed by atoms with E-state index in [0.717, 1.165) is 29.4 Å². The number of hydrogen-bond acceptors (Lipinski definition) is 4. The third-order valence-corrected chi connectivity index (χ3v) is 5.27. The number of nitrogens with zero attached hydrogens (tertiary/aromatic N) is 2. The minimum Gasteiger partial charge on any atom is -0.296 e. The molecule has 2 aromatic heterocycles. The van der Waals surface area contributed by atoms with Gasteiger partial charge < -0.3 is 0 Å². The monoisotopic (exact) mass is 323 g/mol. The number of fused-ring (bicyclic) bond motifs is 2. The van der Waals surface area contributed by atoms with Crippen molar-refractivity contribution < 1.29 is 4.79 Å². The van der Waals surface area contributed by atoms with Crippen molar-refractivity contribution in [2.45, 2.75) is 26.2 Å². The molecule has 1 aliphatic carbocycles. The summed E-state index contributed by atoms with van der Waals surface area (Å²) in [5, 5.41) is 4.62. The number of nitrogens with one attached hydrogen (secondary N) is 1. The number of rotatable bonds is 2. The van der Waals surface area contributed by atoms with E-state index in [0.29, 0.717) is 16.7 Å². The third-order valence-electron chi connectivity index (χ3n) is 4.24. The Bertz CT molecular complexity index is 887. The van der Waals surface area contributed by atoms with Gasteiger partial charge in [-0.3, -0.25) is 10.1 Å². The minimum atomic E-state index is -0.199. The molecule has 4 nitrogen and oxygen atoms in total. The molecular weight excluding hydrogens is 306 g/mol. The van der Waals surface area contributed by atoms with E-state index in [1.807, 2.05) is 30.3 Å². The summed E-state index contributed by atoms with van der Waals surface area (Å²) in [7, 11) is 0. The van der Waals surface area contributed by atoms with Crippen molar-refractivity contribution in [2.24, 2.45) is 5.92 Å². The van der Waals surface area contributed by atoms with Gasteiger partial charge in [-0.1, -0.05) is 31.2 Å². The fraction of sp³-hybridized carbons (Fsp3) is 0.278. The van der Waals surface area contributed by atoms with Crippen LogP contribution in [0.4, 0.5) is 5.13 Å². The van der Waals surface area contributed by atoms with Crippen LogP contribution < -0.4 is 5.32 Å². The first-order chi connectivity index (χ1) is 11.2. The van der Waals surface area contributed by atoms with Crippen LogP contribution in [-0.4, -0.2) is 15.9 Å². The molecule has 3 aromatic rings. The maximum absolute atomic E-state index is 12.4. The van der Waals surface area contributed by atoms with Gasteiger partial charge in [0.15, 0.2) is 5.13 Å². The molecule has 0 radical (unpaired) electrons. The van der Waals surface area contributed by atoms with Crippen molar-refractivity contribution in [3.05, 3.63) is 52.7 Å². The van der Waals surface area contributed by atoms with Crippen LogP contribution in [0.25, 0.3) is 10.9 Å². The second kappa shape index (κ2) is 5.74. The molecule has 1 N–H and O–H groups in total. The highest BCUT2D eigenvalue weighted by atomic mass is 32.1. The number of carbonyl (C=O) groups is 1. The lowest BCUT2D eigenvalue weighted by Gasteiger charge is -2.15. The number of benzene rings is 1. The largest absolute Gasteiger partial charge is 0.296 e. The first-order valence-corrected chi connectivity index (χ1v) is 8.66. The molecule has 0 aliphatic heterocycles. The average Bonchev–Trinajstić information content (AvgIpc) is 2.95. The molecule has 0 unspecified atom stereocenters. The van der Waals surface area contributed by atoms with Crippen molar-refractivity contribution in [3.8, 4) is 0 Å². The second-order valence-electron chi connectivity index (χ2n) is 6.08. The van der Waals surface area contributed by atoms with E-state index in [-0.39, 0.29) is 5.91 Å².